The summed E-state index contributed by atoms with van der Waals surface area (Å²) in [6, 6.07) is 0.606. The van der Waals surface area contributed by atoms with Crippen molar-refractivity contribution in [1.82, 2.24) is 10.2 Å². The zero-order valence-electron chi connectivity index (χ0n) is 10.2. The van der Waals surface area contributed by atoms with Crippen molar-refractivity contribution in [2.24, 2.45) is 4.99 Å². The molecule has 1 atom stereocenters. The van der Waals surface area contributed by atoms with E-state index in [9.17, 15) is 0 Å². The van der Waals surface area contributed by atoms with Crippen LogP contribution in [0.1, 0.15) is 32.6 Å². The molecule has 4 heteroatoms. The summed E-state index contributed by atoms with van der Waals surface area (Å²) in [6.45, 7) is 6.89. The van der Waals surface area contributed by atoms with E-state index in [1.165, 1.54) is 44.5 Å². The third kappa shape index (κ3) is 3.98. The van der Waals surface area contributed by atoms with Crippen molar-refractivity contribution in [3.8, 4) is 0 Å². The van der Waals surface area contributed by atoms with Gasteiger partial charge < -0.3 is 10.2 Å². The summed E-state index contributed by atoms with van der Waals surface area (Å²) in [7, 11) is 0. The highest BCUT2D eigenvalue weighted by Crippen LogP contribution is 2.13. The molecule has 1 N–H and O–H groups in total. The van der Waals surface area contributed by atoms with Crippen molar-refractivity contribution in [3.05, 3.63) is 0 Å². The lowest BCUT2D eigenvalue weighted by atomic mass is 10.1. The van der Waals surface area contributed by atoms with Gasteiger partial charge in [0.25, 0.3) is 0 Å². The number of nitrogens with zero attached hydrogens (tertiary/aromatic N) is 2. The van der Waals surface area contributed by atoms with Gasteiger partial charge in [0.15, 0.2) is 5.17 Å². The van der Waals surface area contributed by atoms with Crippen molar-refractivity contribution in [3.63, 3.8) is 0 Å². The van der Waals surface area contributed by atoms with Crippen LogP contribution in [0.3, 0.4) is 0 Å². The number of nitrogens with one attached hydrogen (secondary N) is 1. The van der Waals surface area contributed by atoms with Crippen LogP contribution in [-0.2, 0) is 0 Å². The molecule has 0 amide bonds. The van der Waals surface area contributed by atoms with E-state index in [0.717, 1.165) is 18.3 Å². The van der Waals surface area contributed by atoms with E-state index in [2.05, 4.69) is 22.1 Å². The predicted octanol–water partition coefficient (Wildman–Crippen LogP) is 1.94. The molecule has 16 heavy (non-hydrogen) atoms. The smallest absolute Gasteiger partial charge is 0.156 e. The molecule has 0 aliphatic carbocycles. The van der Waals surface area contributed by atoms with Gasteiger partial charge in [-0.25, -0.2) is 0 Å². The van der Waals surface area contributed by atoms with E-state index in [1.54, 1.807) is 0 Å². The normalized spacial score (nSPS) is 30.3. The van der Waals surface area contributed by atoms with Crippen LogP contribution in [0.15, 0.2) is 4.99 Å². The van der Waals surface area contributed by atoms with E-state index in [4.69, 9.17) is 0 Å². The number of hydrogen-bond acceptors (Lipinski definition) is 3. The van der Waals surface area contributed by atoms with Crippen molar-refractivity contribution in [1.29, 1.82) is 0 Å². The van der Waals surface area contributed by atoms with Gasteiger partial charge in [0.05, 0.1) is 6.54 Å². The van der Waals surface area contributed by atoms with E-state index in [-0.39, 0.29) is 0 Å². The third-order valence-corrected chi connectivity index (χ3v) is 4.24. The van der Waals surface area contributed by atoms with Gasteiger partial charge in [-0.1, -0.05) is 18.2 Å². The number of thioether (sulfide) groups is 1. The van der Waals surface area contributed by atoms with E-state index in [0.29, 0.717) is 6.04 Å². The van der Waals surface area contributed by atoms with Gasteiger partial charge in [0, 0.05) is 18.3 Å². The van der Waals surface area contributed by atoms with Gasteiger partial charge >= 0.3 is 0 Å². The molecule has 0 saturated carbocycles. The Labute approximate surface area is 103 Å². The molecular weight excluding hydrogens is 218 g/mol. The summed E-state index contributed by atoms with van der Waals surface area (Å²) in [5.41, 5.74) is 0. The van der Waals surface area contributed by atoms with Crippen LogP contribution in [0.2, 0.25) is 0 Å². The molecule has 0 bridgehead atoms. The number of likely N-dealkylation sites (tertiary alicyclic amines) is 1. The Hall–Kier alpha value is -0.220. The van der Waals surface area contributed by atoms with Crippen LogP contribution in [0.5, 0.6) is 0 Å². The first-order chi connectivity index (χ1) is 7.84. The van der Waals surface area contributed by atoms with Gasteiger partial charge in [-0.3, -0.25) is 4.99 Å². The highest BCUT2D eigenvalue weighted by Gasteiger charge is 2.13. The molecule has 0 aromatic carbocycles. The van der Waals surface area contributed by atoms with Gasteiger partial charge in [-0.2, -0.15) is 0 Å². The Kier molecular flexibility index (Phi) is 4.97. The summed E-state index contributed by atoms with van der Waals surface area (Å²) < 4.78 is 0. The molecule has 3 nitrogen and oxygen atoms in total. The summed E-state index contributed by atoms with van der Waals surface area (Å²) in [4.78, 5) is 7.20. The van der Waals surface area contributed by atoms with Crippen molar-refractivity contribution >= 4 is 16.9 Å². The molecule has 0 aromatic rings. The molecule has 2 fully saturated rings. The fraction of sp³-hybridized carbons (Fsp3) is 0.917. The lowest BCUT2D eigenvalue weighted by Gasteiger charge is -2.26. The Bertz CT molecular complexity index is 236. The molecule has 0 aromatic heterocycles. The number of hydrogen-bond donors (Lipinski definition) is 1. The SMILES string of the molecule is CC1CCSC(=NCCN2CCCCC2)N1. The minimum atomic E-state index is 0.606. The standard InChI is InChI=1S/C12H23N3S/c1-11-5-10-16-12(14-11)13-6-9-15-7-3-2-4-8-15/h11H,2-10H2,1H3,(H,13,14). The Morgan fingerprint density at radius 2 is 2.19 bits per heavy atom. The lowest BCUT2D eigenvalue weighted by Crippen LogP contribution is -2.36. The predicted molar refractivity (Wildman–Crippen MR) is 72.3 cm³/mol. The monoisotopic (exact) mass is 241 g/mol. The van der Waals surface area contributed by atoms with Crippen LogP contribution in [-0.4, -0.2) is 48.0 Å². The number of aliphatic imine (C=N–C) groups is 1. The fourth-order valence-corrected chi connectivity index (χ4v) is 3.36. The summed E-state index contributed by atoms with van der Waals surface area (Å²) in [5, 5.41) is 4.61. The largest absolute Gasteiger partial charge is 0.362 e. The molecule has 0 spiro atoms. The van der Waals surface area contributed by atoms with Crippen LogP contribution >= 0.6 is 11.8 Å². The highest BCUT2D eigenvalue weighted by atomic mass is 32.2. The van der Waals surface area contributed by atoms with Crippen LogP contribution in [0, 0.1) is 0 Å². The highest BCUT2D eigenvalue weighted by molar-refractivity contribution is 8.13. The van der Waals surface area contributed by atoms with Crippen molar-refractivity contribution < 1.29 is 0 Å². The second kappa shape index (κ2) is 6.50. The summed E-state index contributed by atoms with van der Waals surface area (Å²) in [6.07, 6.45) is 5.43. The van der Waals surface area contributed by atoms with E-state index >= 15 is 0 Å². The maximum Gasteiger partial charge on any atom is 0.156 e. The molecule has 2 heterocycles. The quantitative estimate of drug-likeness (QED) is 0.818. The number of rotatable bonds is 3. The molecule has 0 radical (unpaired) electrons. The first-order valence-electron chi connectivity index (χ1n) is 6.51. The minimum absolute atomic E-state index is 0.606. The maximum absolute atomic E-state index is 4.65. The zero-order valence-corrected chi connectivity index (χ0v) is 11.1. The molecule has 2 rings (SSSR count). The molecule has 2 saturated heterocycles. The fourth-order valence-electron chi connectivity index (χ4n) is 2.22. The minimum Gasteiger partial charge on any atom is -0.362 e. The molecule has 2 aliphatic heterocycles. The molecular formula is C12H23N3S. The second-order valence-electron chi connectivity index (χ2n) is 4.77. The average molecular weight is 241 g/mol. The van der Waals surface area contributed by atoms with Gasteiger partial charge in [-0.05, 0) is 39.3 Å². The molecule has 2 aliphatic rings. The zero-order chi connectivity index (χ0) is 11.2. The van der Waals surface area contributed by atoms with Crippen LogP contribution in [0.25, 0.3) is 0 Å². The number of amidine groups is 1. The topological polar surface area (TPSA) is 27.6 Å². The molecule has 92 valence electrons. The van der Waals surface area contributed by atoms with Gasteiger partial charge in [-0.15, -0.1) is 0 Å². The Morgan fingerprint density at radius 3 is 2.94 bits per heavy atom. The van der Waals surface area contributed by atoms with Crippen molar-refractivity contribution in [2.75, 3.05) is 31.9 Å². The van der Waals surface area contributed by atoms with E-state index in [1.807, 2.05) is 11.8 Å². The first kappa shape index (κ1) is 12.2. The van der Waals surface area contributed by atoms with Gasteiger partial charge in [0.1, 0.15) is 0 Å². The van der Waals surface area contributed by atoms with Gasteiger partial charge in [0.2, 0.25) is 0 Å². The number of piperidine rings is 1. The van der Waals surface area contributed by atoms with Crippen LogP contribution in [0.4, 0.5) is 0 Å². The van der Waals surface area contributed by atoms with E-state index < -0.39 is 0 Å². The second-order valence-corrected chi connectivity index (χ2v) is 5.86. The summed E-state index contributed by atoms with van der Waals surface area (Å²) in [5.74, 6) is 1.22. The maximum atomic E-state index is 4.65. The van der Waals surface area contributed by atoms with Crippen LogP contribution < -0.4 is 5.32 Å². The third-order valence-electron chi connectivity index (χ3n) is 3.28. The lowest BCUT2D eigenvalue weighted by molar-refractivity contribution is 0.235. The average Bonchev–Trinajstić information content (AvgIpc) is 2.30. The Morgan fingerprint density at radius 1 is 1.38 bits per heavy atom. The Balaban J connectivity index is 1.67. The first-order valence-corrected chi connectivity index (χ1v) is 7.49. The summed E-state index contributed by atoms with van der Waals surface area (Å²) >= 11 is 1.87. The molecule has 1 unspecified atom stereocenters. The van der Waals surface area contributed by atoms with Crippen molar-refractivity contribution in [2.45, 2.75) is 38.6 Å².